The molecule has 2 rings (SSSR count). The van der Waals surface area contributed by atoms with E-state index in [2.05, 4.69) is 21.9 Å². The average molecular weight is 320 g/mol. The maximum absolute atomic E-state index is 13.7. The maximum atomic E-state index is 13.7. The zero-order chi connectivity index (χ0) is 15.9. The predicted octanol–water partition coefficient (Wildman–Crippen LogP) is 2.65. The fourth-order valence-electron chi connectivity index (χ4n) is 2.63. The van der Waals surface area contributed by atoms with E-state index in [-0.39, 0.29) is 5.82 Å². The lowest BCUT2D eigenvalue weighted by molar-refractivity contribution is 0.594. The molecule has 0 heterocycles. The van der Waals surface area contributed by atoms with Crippen molar-refractivity contribution in [3.05, 3.63) is 35.1 Å². The monoisotopic (exact) mass is 320 g/mol. The van der Waals surface area contributed by atoms with Crippen LogP contribution in [0.15, 0.2) is 23.2 Å². The smallest absolute Gasteiger partial charge is 0.191 e. The van der Waals surface area contributed by atoms with Crippen molar-refractivity contribution in [3.63, 3.8) is 0 Å². The molecule has 1 aliphatic rings. The third-order valence-corrected chi connectivity index (χ3v) is 5.00. The van der Waals surface area contributed by atoms with Gasteiger partial charge in [0, 0.05) is 30.4 Å². The molecule has 118 valence electrons. The molecule has 2 N–H and O–H groups in total. The molecule has 2 unspecified atom stereocenters. The fraction of sp³-hybridized carbons (Fsp3) is 0.500. The normalized spacial score (nSPS) is 21.5. The molecule has 0 aliphatic heterocycles. The molecular formula is C16H21FN4S. The molecule has 0 aromatic heterocycles. The molecule has 0 amide bonds. The van der Waals surface area contributed by atoms with Crippen molar-refractivity contribution in [3.8, 4) is 6.07 Å². The van der Waals surface area contributed by atoms with Crippen molar-refractivity contribution >= 4 is 17.7 Å². The van der Waals surface area contributed by atoms with Crippen LogP contribution in [0.2, 0.25) is 0 Å². The van der Waals surface area contributed by atoms with Crippen molar-refractivity contribution in [1.29, 1.82) is 5.26 Å². The summed E-state index contributed by atoms with van der Waals surface area (Å²) in [6.07, 6.45) is 5.62. The Morgan fingerprint density at radius 2 is 2.32 bits per heavy atom. The molecule has 0 bridgehead atoms. The Bertz CT molecular complexity index is 582. The van der Waals surface area contributed by atoms with E-state index in [0.29, 0.717) is 34.9 Å². The van der Waals surface area contributed by atoms with Gasteiger partial charge in [-0.3, -0.25) is 4.99 Å². The molecule has 0 spiro atoms. The van der Waals surface area contributed by atoms with Gasteiger partial charge in [0.05, 0.1) is 11.6 Å². The molecule has 0 saturated heterocycles. The number of benzene rings is 1. The minimum atomic E-state index is -0.315. The highest BCUT2D eigenvalue weighted by Gasteiger charge is 2.24. The van der Waals surface area contributed by atoms with Crippen molar-refractivity contribution < 1.29 is 4.39 Å². The summed E-state index contributed by atoms with van der Waals surface area (Å²) in [6.45, 7) is 0.305. The van der Waals surface area contributed by atoms with Gasteiger partial charge >= 0.3 is 0 Å². The number of hydrogen-bond acceptors (Lipinski definition) is 3. The van der Waals surface area contributed by atoms with E-state index in [1.165, 1.54) is 18.6 Å². The van der Waals surface area contributed by atoms with E-state index >= 15 is 0 Å². The second-order valence-corrected chi connectivity index (χ2v) is 6.49. The first kappa shape index (κ1) is 16.6. The number of halogens is 1. The summed E-state index contributed by atoms with van der Waals surface area (Å²) in [7, 11) is 1.71. The van der Waals surface area contributed by atoms with Gasteiger partial charge in [-0.2, -0.15) is 17.0 Å². The molecule has 22 heavy (non-hydrogen) atoms. The molecule has 4 nitrogen and oxygen atoms in total. The molecule has 0 radical (unpaired) electrons. The van der Waals surface area contributed by atoms with Gasteiger partial charge in [-0.15, -0.1) is 0 Å². The van der Waals surface area contributed by atoms with Crippen LogP contribution in [0.25, 0.3) is 0 Å². The Hall–Kier alpha value is -1.74. The average Bonchev–Trinajstić information content (AvgIpc) is 3.00. The van der Waals surface area contributed by atoms with Crippen LogP contribution < -0.4 is 10.6 Å². The summed E-state index contributed by atoms with van der Waals surface area (Å²) in [5.74, 6) is 0.360. The maximum Gasteiger partial charge on any atom is 0.191 e. The van der Waals surface area contributed by atoms with Crippen molar-refractivity contribution in [1.82, 2.24) is 10.6 Å². The Balaban J connectivity index is 1.91. The second kappa shape index (κ2) is 8.04. The highest BCUT2D eigenvalue weighted by Crippen LogP contribution is 2.28. The second-order valence-electron chi connectivity index (χ2n) is 5.36. The van der Waals surface area contributed by atoms with Gasteiger partial charge in [-0.05, 0) is 43.7 Å². The summed E-state index contributed by atoms with van der Waals surface area (Å²) in [4.78, 5) is 4.19. The lowest BCUT2D eigenvalue weighted by atomic mass is 10.1. The van der Waals surface area contributed by atoms with Gasteiger partial charge < -0.3 is 10.6 Å². The lowest BCUT2D eigenvalue weighted by Gasteiger charge is -2.17. The third-order valence-electron chi connectivity index (χ3n) is 3.90. The minimum Gasteiger partial charge on any atom is -0.354 e. The van der Waals surface area contributed by atoms with Crippen LogP contribution in [0, 0.1) is 17.1 Å². The number of guanidine groups is 1. The molecular weight excluding hydrogens is 299 g/mol. The van der Waals surface area contributed by atoms with Crippen LogP contribution in [-0.2, 0) is 6.54 Å². The van der Waals surface area contributed by atoms with Crippen LogP contribution in [0.5, 0.6) is 0 Å². The largest absolute Gasteiger partial charge is 0.354 e. The van der Waals surface area contributed by atoms with E-state index < -0.39 is 0 Å². The van der Waals surface area contributed by atoms with E-state index in [4.69, 9.17) is 5.26 Å². The van der Waals surface area contributed by atoms with E-state index in [1.807, 2.05) is 17.8 Å². The number of nitrogens with one attached hydrogen (secondary N) is 2. The van der Waals surface area contributed by atoms with Gasteiger partial charge in [-0.1, -0.05) is 0 Å². The Labute approximate surface area is 135 Å². The summed E-state index contributed by atoms with van der Waals surface area (Å²) >= 11 is 1.91. The number of rotatable bonds is 4. The first-order valence-corrected chi connectivity index (χ1v) is 8.63. The molecule has 1 aromatic rings. The van der Waals surface area contributed by atoms with Crippen LogP contribution in [0.3, 0.4) is 0 Å². The van der Waals surface area contributed by atoms with Gasteiger partial charge in [0.25, 0.3) is 0 Å². The minimum absolute atomic E-state index is 0.305. The lowest BCUT2D eigenvalue weighted by Crippen LogP contribution is -2.42. The van der Waals surface area contributed by atoms with Gasteiger partial charge in [0.2, 0.25) is 0 Å². The van der Waals surface area contributed by atoms with Crippen molar-refractivity contribution in [2.24, 2.45) is 4.99 Å². The van der Waals surface area contributed by atoms with Crippen molar-refractivity contribution in [2.45, 2.75) is 37.1 Å². The molecule has 1 fully saturated rings. The van der Waals surface area contributed by atoms with Crippen LogP contribution in [0.1, 0.15) is 30.4 Å². The number of thioether (sulfide) groups is 1. The Kier molecular flexibility index (Phi) is 6.08. The van der Waals surface area contributed by atoms with Gasteiger partial charge in [-0.25, -0.2) is 4.39 Å². The standard InChI is InChI=1S/C16H21FN4S/c1-19-16(21-13-4-5-14(8-13)22-2)20-10-12-7-11(9-18)3-6-15(12)17/h3,6-7,13-14H,4-5,8,10H2,1-2H3,(H2,19,20,21). The molecule has 1 saturated carbocycles. The zero-order valence-electron chi connectivity index (χ0n) is 12.9. The highest BCUT2D eigenvalue weighted by molar-refractivity contribution is 7.99. The first-order chi connectivity index (χ1) is 10.7. The zero-order valence-corrected chi connectivity index (χ0v) is 13.7. The quantitative estimate of drug-likeness (QED) is 0.661. The van der Waals surface area contributed by atoms with E-state index in [1.54, 1.807) is 13.1 Å². The summed E-state index contributed by atoms with van der Waals surface area (Å²) in [6, 6.07) is 6.81. The predicted molar refractivity (Wildman–Crippen MR) is 89.4 cm³/mol. The number of nitrogens with zero attached hydrogens (tertiary/aromatic N) is 2. The van der Waals surface area contributed by atoms with Crippen LogP contribution in [0.4, 0.5) is 4.39 Å². The molecule has 6 heteroatoms. The van der Waals surface area contributed by atoms with Crippen LogP contribution >= 0.6 is 11.8 Å². The third kappa shape index (κ3) is 4.38. The first-order valence-electron chi connectivity index (χ1n) is 7.34. The topological polar surface area (TPSA) is 60.2 Å². The summed E-state index contributed by atoms with van der Waals surface area (Å²) in [5, 5.41) is 16.1. The number of aliphatic imine (C=N–C) groups is 1. The highest BCUT2D eigenvalue weighted by atomic mass is 32.2. The van der Waals surface area contributed by atoms with Gasteiger partial charge in [0.15, 0.2) is 5.96 Å². The number of nitriles is 1. The van der Waals surface area contributed by atoms with E-state index in [9.17, 15) is 4.39 Å². The van der Waals surface area contributed by atoms with Gasteiger partial charge in [0.1, 0.15) is 5.82 Å². The van der Waals surface area contributed by atoms with Crippen molar-refractivity contribution in [2.75, 3.05) is 13.3 Å². The Morgan fingerprint density at radius 3 is 2.95 bits per heavy atom. The molecule has 2 atom stereocenters. The summed E-state index contributed by atoms with van der Waals surface area (Å²) in [5.41, 5.74) is 0.926. The molecule has 1 aliphatic carbocycles. The number of hydrogen-bond donors (Lipinski definition) is 2. The summed E-state index contributed by atoms with van der Waals surface area (Å²) < 4.78 is 13.7. The Morgan fingerprint density at radius 1 is 1.50 bits per heavy atom. The SMILES string of the molecule is CN=C(NCc1cc(C#N)ccc1F)NC1CCC(SC)C1. The van der Waals surface area contributed by atoms with Crippen LogP contribution in [-0.4, -0.2) is 30.6 Å². The fourth-order valence-corrected chi connectivity index (χ4v) is 3.43. The molecule has 1 aromatic carbocycles. The van der Waals surface area contributed by atoms with E-state index in [0.717, 1.165) is 12.8 Å².